The van der Waals surface area contributed by atoms with Crippen LogP contribution in [-0.4, -0.2) is 9.97 Å². The van der Waals surface area contributed by atoms with Gasteiger partial charge in [0.25, 0.3) is 0 Å². The predicted molar refractivity (Wildman–Crippen MR) is 110 cm³/mol. The number of nitriles is 4. The van der Waals surface area contributed by atoms with Crippen LogP contribution >= 0.6 is 0 Å². The summed E-state index contributed by atoms with van der Waals surface area (Å²) < 4.78 is 67.4. The maximum absolute atomic E-state index is 14.7. The normalized spacial score (nSPS) is 11.1. The number of hydrogen-bond donors (Lipinski definition) is 0. The van der Waals surface area contributed by atoms with Crippen LogP contribution in [0.15, 0.2) is 45.2 Å². The standard InChI is InChI=1S/C24H6F4N6O2/c25-13-1-3-15(17(27)5-13)19-21(35-23(33-19)11(7-29)8-30)22-20(16-4-2-14(26)6-18(16)28)34-24(36-22)12(9-31)10-32/h1-6H/b22-21+. The van der Waals surface area contributed by atoms with E-state index in [1.165, 1.54) is 0 Å². The zero-order valence-corrected chi connectivity index (χ0v) is 17.5. The third-order valence-electron chi connectivity index (χ3n) is 4.71. The Hall–Kier alpha value is -5.72. The lowest BCUT2D eigenvalue weighted by atomic mass is 10.1. The molecule has 0 aliphatic heterocycles. The average Bonchev–Trinajstić information content (AvgIpc) is 3.46. The van der Waals surface area contributed by atoms with Gasteiger partial charge in [0.15, 0.2) is 11.1 Å². The smallest absolute Gasteiger partial charge is 0.249 e. The topological polar surface area (TPSA) is 147 Å². The largest absolute Gasteiger partial charge is 0.431 e. The van der Waals surface area contributed by atoms with Gasteiger partial charge in [-0.05, 0) is 24.3 Å². The summed E-state index contributed by atoms with van der Waals surface area (Å²) in [6, 6.07) is 11.0. The lowest BCUT2D eigenvalue weighted by molar-refractivity contribution is 0.441. The molecule has 36 heavy (non-hydrogen) atoms. The predicted octanol–water partition coefficient (Wildman–Crippen LogP) is 3.24. The van der Waals surface area contributed by atoms with Gasteiger partial charge in [0.05, 0.1) is 0 Å². The van der Waals surface area contributed by atoms with E-state index in [4.69, 9.17) is 8.83 Å². The summed E-state index contributed by atoms with van der Waals surface area (Å²) in [7, 11) is 0. The fraction of sp³-hybridized carbons (Fsp3) is 0. The molecule has 0 atom stereocenters. The second kappa shape index (κ2) is 9.26. The van der Waals surface area contributed by atoms with Gasteiger partial charge < -0.3 is 8.83 Å². The molecule has 2 heterocycles. The van der Waals surface area contributed by atoms with Crippen molar-refractivity contribution in [3.63, 3.8) is 0 Å². The van der Waals surface area contributed by atoms with E-state index in [0.717, 1.165) is 24.3 Å². The van der Waals surface area contributed by atoms with Crippen LogP contribution in [0.4, 0.5) is 17.6 Å². The molecule has 0 saturated carbocycles. The molecule has 0 spiro atoms. The first-order valence-electron chi connectivity index (χ1n) is 9.59. The van der Waals surface area contributed by atoms with E-state index in [-0.39, 0.29) is 11.1 Å². The molecule has 0 bridgehead atoms. The molecule has 8 nitrogen and oxygen atoms in total. The van der Waals surface area contributed by atoms with Crippen LogP contribution in [0.2, 0.25) is 0 Å². The number of rotatable bonds is 2. The van der Waals surface area contributed by atoms with Gasteiger partial charge in [-0.25, -0.2) is 27.5 Å². The van der Waals surface area contributed by atoms with Crippen molar-refractivity contribution in [1.29, 1.82) is 21.0 Å². The zero-order valence-electron chi connectivity index (χ0n) is 17.5. The minimum absolute atomic E-state index is 0.357. The first-order chi connectivity index (χ1) is 17.3. The van der Waals surface area contributed by atoms with Crippen molar-refractivity contribution < 1.29 is 26.4 Å². The Kier molecular flexibility index (Phi) is 6.03. The third-order valence-corrected chi connectivity index (χ3v) is 4.71. The van der Waals surface area contributed by atoms with Crippen LogP contribution in [0.5, 0.6) is 0 Å². The number of oxazole rings is 2. The molecule has 2 aromatic heterocycles. The van der Waals surface area contributed by atoms with Crippen LogP contribution in [0.3, 0.4) is 0 Å². The molecule has 172 valence electrons. The molecular weight excluding hydrogens is 480 g/mol. The molecule has 0 aliphatic carbocycles. The molecular formula is C24H6F4N6O2. The van der Waals surface area contributed by atoms with E-state index in [9.17, 15) is 38.6 Å². The van der Waals surface area contributed by atoms with Gasteiger partial charge in [-0.3, -0.25) is 0 Å². The lowest BCUT2D eigenvalue weighted by Crippen LogP contribution is -2.04. The van der Waals surface area contributed by atoms with Crippen LogP contribution in [0, 0.1) is 79.4 Å². The summed E-state index contributed by atoms with van der Waals surface area (Å²) in [6.45, 7) is 0. The average molecular weight is 486 g/mol. The van der Waals surface area contributed by atoms with Crippen molar-refractivity contribution in [2.75, 3.05) is 0 Å². The number of halogens is 4. The second-order valence-corrected chi connectivity index (χ2v) is 6.84. The quantitative estimate of drug-likeness (QED) is 0.392. The van der Waals surface area contributed by atoms with Crippen molar-refractivity contribution >= 4 is 11.1 Å². The molecule has 4 rings (SSSR count). The Labute approximate surface area is 197 Å². The highest BCUT2D eigenvalue weighted by molar-refractivity contribution is 5.72. The van der Waals surface area contributed by atoms with Gasteiger partial charge in [-0.2, -0.15) is 21.0 Å². The monoisotopic (exact) mass is 486 g/mol. The van der Waals surface area contributed by atoms with Crippen LogP contribution in [0.1, 0.15) is 0 Å². The minimum atomic E-state index is -1.11. The molecule has 4 aromatic rings. The molecule has 0 unspecified atom stereocenters. The van der Waals surface area contributed by atoms with E-state index in [2.05, 4.69) is 9.97 Å². The van der Waals surface area contributed by atoms with Gasteiger partial charge in [-0.15, -0.1) is 0 Å². The highest BCUT2D eigenvalue weighted by Gasteiger charge is 2.21. The van der Waals surface area contributed by atoms with Gasteiger partial charge in [0.1, 0.15) is 58.9 Å². The SMILES string of the molecule is N#CC(C#N)=c1nc(-c2ccc(F)cc2F)/c(=c2\oc(=C(C#N)C#N)nc2-c2ccc(F)cc2F)o1. The van der Waals surface area contributed by atoms with Crippen LogP contribution < -0.4 is 11.1 Å². The summed E-state index contributed by atoms with van der Waals surface area (Å²) in [5.41, 5.74) is -4.91. The summed E-state index contributed by atoms with van der Waals surface area (Å²) in [5, 5.41) is 36.9. The minimum Gasteiger partial charge on any atom is -0.431 e. The van der Waals surface area contributed by atoms with E-state index < -0.39 is 67.7 Å². The fourth-order valence-electron chi connectivity index (χ4n) is 3.13. The Morgan fingerprint density at radius 2 is 0.972 bits per heavy atom. The first kappa shape index (κ1) is 23.4. The van der Waals surface area contributed by atoms with Crippen molar-refractivity contribution in [1.82, 2.24) is 9.97 Å². The summed E-state index contributed by atoms with van der Waals surface area (Å²) >= 11 is 0. The summed E-state index contributed by atoms with van der Waals surface area (Å²) in [5.74, 6) is -4.05. The highest BCUT2D eigenvalue weighted by Crippen LogP contribution is 2.27. The molecule has 0 N–H and O–H groups in total. The van der Waals surface area contributed by atoms with E-state index >= 15 is 0 Å². The zero-order chi connectivity index (χ0) is 26.0. The Morgan fingerprint density at radius 3 is 1.28 bits per heavy atom. The van der Waals surface area contributed by atoms with Crippen molar-refractivity contribution in [3.8, 4) is 46.8 Å². The molecule has 0 aliphatic rings. The summed E-state index contributed by atoms with van der Waals surface area (Å²) in [6.07, 6.45) is 0. The number of aromatic nitrogens is 2. The Morgan fingerprint density at radius 1 is 0.611 bits per heavy atom. The molecule has 0 saturated heterocycles. The number of nitrogens with zero attached hydrogens (tertiary/aromatic N) is 6. The molecule has 2 aromatic carbocycles. The highest BCUT2D eigenvalue weighted by atomic mass is 19.1. The Bertz CT molecular complexity index is 1780. The molecule has 0 fully saturated rings. The van der Waals surface area contributed by atoms with E-state index in [1.54, 1.807) is 24.3 Å². The maximum Gasteiger partial charge on any atom is 0.249 e. The number of benzene rings is 2. The first-order valence-corrected chi connectivity index (χ1v) is 9.59. The van der Waals surface area contributed by atoms with Crippen molar-refractivity contribution in [2.24, 2.45) is 0 Å². The van der Waals surface area contributed by atoms with Gasteiger partial charge in [0, 0.05) is 23.3 Å². The third kappa shape index (κ3) is 4.03. The fourth-order valence-corrected chi connectivity index (χ4v) is 3.13. The lowest BCUT2D eigenvalue weighted by Gasteiger charge is -2.00. The van der Waals surface area contributed by atoms with Crippen molar-refractivity contribution in [3.05, 3.63) is 81.6 Å². The second-order valence-electron chi connectivity index (χ2n) is 6.84. The van der Waals surface area contributed by atoms with Crippen molar-refractivity contribution in [2.45, 2.75) is 0 Å². The molecule has 0 amide bonds. The van der Waals surface area contributed by atoms with Crippen LogP contribution in [-0.2, 0) is 0 Å². The van der Waals surface area contributed by atoms with E-state index in [0.29, 0.717) is 12.1 Å². The van der Waals surface area contributed by atoms with Gasteiger partial charge >= 0.3 is 0 Å². The van der Waals surface area contributed by atoms with Crippen LogP contribution in [0.25, 0.3) is 33.7 Å². The maximum atomic E-state index is 14.7. The van der Waals surface area contributed by atoms with Gasteiger partial charge in [0.2, 0.25) is 21.9 Å². The molecule has 0 radical (unpaired) electrons. The van der Waals surface area contributed by atoms with Gasteiger partial charge in [-0.1, -0.05) is 0 Å². The Balaban J connectivity index is 2.34. The summed E-state index contributed by atoms with van der Waals surface area (Å²) in [4.78, 5) is 7.93. The number of hydrogen-bond acceptors (Lipinski definition) is 8. The molecule has 12 heteroatoms. The van der Waals surface area contributed by atoms with E-state index in [1.807, 2.05) is 0 Å².